The smallest absolute Gasteiger partial charge is 0.348 e. The fraction of sp³-hybridized carbons (Fsp3) is 0.400. The van der Waals surface area contributed by atoms with Gasteiger partial charge in [-0.2, -0.15) is 0 Å². The number of hydrogen-bond acceptors (Lipinski definition) is 5. The Bertz CT molecular complexity index is 337. The number of amides is 1. The molecule has 0 spiro atoms. The summed E-state index contributed by atoms with van der Waals surface area (Å²) in [4.78, 5) is 23.0. The zero-order chi connectivity index (χ0) is 11.8. The van der Waals surface area contributed by atoms with Gasteiger partial charge in [0.05, 0.1) is 6.61 Å². The highest BCUT2D eigenvalue weighted by Crippen LogP contribution is 2.09. The average molecular weight is 243 g/mol. The van der Waals surface area contributed by atoms with Gasteiger partial charge in [0, 0.05) is 13.7 Å². The molecule has 0 saturated carbocycles. The Balaban J connectivity index is 2.19. The Morgan fingerprint density at radius 2 is 2.31 bits per heavy atom. The summed E-state index contributed by atoms with van der Waals surface area (Å²) in [6.45, 7) is 0.580. The van der Waals surface area contributed by atoms with Crippen LogP contribution < -0.4 is 5.32 Å². The molecule has 5 nitrogen and oxygen atoms in total. The first-order chi connectivity index (χ1) is 7.74. The highest BCUT2D eigenvalue weighted by Gasteiger charge is 2.10. The Kier molecular flexibility index (Phi) is 5.52. The largest absolute Gasteiger partial charge is 0.451 e. The first kappa shape index (κ1) is 12.7. The van der Waals surface area contributed by atoms with Crippen LogP contribution in [-0.4, -0.2) is 38.7 Å². The van der Waals surface area contributed by atoms with E-state index in [0.717, 1.165) is 0 Å². The van der Waals surface area contributed by atoms with Crippen LogP contribution >= 0.6 is 11.3 Å². The molecule has 1 N–H and O–H groups in total. The molecular formula is C10H13NO4S. The second kappa shape index (κ2) is 6.97. The van der Waals surface area contributed by atoms with Crippen LogP contribution in [0.3, 0.4) is 0 Å². The second-order valence-corrected chi connectivity index (χ2v) is 3.84. The molecule has 16 heavy (non-hydrogen) atoms. The molecule has 0 unspecified atom stereocenters. The number of esters is 1. The molecule has 1 aromatic rings. The topological polar surface area (TPSA) is 64.6 Å². The number of ether oxygens (including phenoxy) is 2. The third kappa shape index (κ3) is 4.41. The Morgan fingerprint density at radius 3 is 2.94 bits per heavy atom. The van der Waals surface area contributed by atoms with Crippen LogP contribution in [0.5, 0.6) is 0 Å². The highest BCUT2D eigenvalue weighted by atomic mass is 32.1. The Hall–Kier alpha value is -1.40. The molecule has 0 aromatic carbocycles. The molecule has 0 aliphatic heterocycles. The summed E-state index contributed by atoms with van der Waals surface area (Å²) in [7, 11) is 1.54. The van der Waals surface area contributed by atoms with Crippen molar-refractivity contribution in [1.29, 1.82) is 0 Å². The molecule has 0 atom stereocenters. The van der Waals surface area contributed by atoms with E-state index in [2.05, 4.69) is 5.32 Å². The van der Waals surface area contributed by atoms with Gasteiger partial charge < -0.3 is 14.8 Å². The van der Waals surface area contributed by atoms with Gasteiger partial charge in [0.15, 0.2) is 6.61 Å². The third-order valence-electron chi connectivity index (χ3n) is 1.69. The van der Waals surface area contributed by atoms with Gasteiger partial charge in [-0.25, -0.2) is 4.79 Å². The molecule has 1 aromatic heterocycles. The van der Waals surface area contributed by atoms with Gasteiger partial charge in [0.25, 0.3) is 5.91 Å². The quantitative estimate of drug-likeness (QED) is 0.589. The molecule has 1 rings (SSSR count). The van der Waals surface area contributed by atoms with Crippen LogP contribution in [0.15, 0.2) is 17.5 Å². The summed E-state index contributed by atoms with van der Waals surface area (Å²) in [5.41, 5.74) is 0. The van der Waals surface area contributed by atoms with Crippen LogP contribution in [0, 0.1) is 0 Å². The van der Waals surface area contributed by atoms with Crippen molar-refractivity contribution in [2.75, 3.05) is 26.9 Å². The summed E-state index contributed by atoms with van der Waals surface area (Å²) < 4.78 is 9.55. The fourth-order valence-electron chi connectivity index (χ4n) is 0.940. The van der Waals surface area contributed by atoms with Crippen LogP contribution in [0.4, 0.5) is 0 Å². The van der Waals surface area contributed by atoms with Crippen molar-refractivity contribution in [3.8, 4) is 0 Å². The number of carbonyl (C=O) groups excluding carboxylic acids is 2. The van der Waals surface area contributed by atoms with Gasteiger partial charge in [0.2, 0.25) is 0 Å². The number of carbonyl (C=O) groups is 2. The lowest BCUT2D eigenvalue weighted by Crippen LogP contribution is -2.31. The SMILES string of the molecule is COCCNC(=O)COC(=O)c1cccs1. The van der Waals surface area contributed by atoms with Crippen LogP contribution in [0.2, 0.25) is 0 Å². The lowest BCUT2D eigenvalue weighted by atomic mass is 10.5. The van der Waals surface area contributed by atoms with Gasteiger partial charge >= 0.3 is 5.97 Å². The zero-order valence-electron chi connectivity index (χ0n) is 8.89. The lowest BCUT2D eigenvalue weighted by Gasteiger charge is -2.04. The molecule has 0 fully saturated rings. The number of methoxy groups -OCH3 is 1. The summed E-state index contributed by atoms with van der Waals surface area (Å²) >= 11 is 1.28. The Morgan fingerprint density at radius 1 is 1.50 bits per heavy atom. The van der Waals surface area contributed by atoms with Crippen LogP contribution in [0.1, 0.15) is 9.67 Å². The van der Waals surface area contributed by atoms with Crippen molar-refractivity contribution in [3.63, 3.8) is 0 Å². The molecule has 0 radical (unpaired) electrons. The maximum absolute atomic E-state index is 11.3. The van der Waals surface area contributed by atoms with E-state index in [9.17, 15) is 9.59 Å². The molecular weight excluding hydrogens is 230 g/mol. The predicted octanol–water partition coefficient (Wildman–Crippen LogP) is 0.667. The van der Waals surface area contributed by atoms with E-state index in [-0.39, 0.29) is 12.5 Å². The van der Waals surface area contributed by atoms with Gasteiger partial charge in [0.1, 0.15) is 4.88 Å². The van der Waals surface area contributed by atoms with Crippen LogP contribution in [-0.2, 0) is 14.3 Å². The lowest BCUT2D eigenvalue weighted by molar-refractivity contribution is -0.124. The predicted molar refractivity (Wildman–Crippen MR) is 59.5 cm³/mol. The van der Waals surface area contributed by atoms with E-state index in [1.807, 2.05) is 0 Å². The minimum atomic E-state index is -0.475. The first-order valence-corrected chi connectivity index (χ1v) is 5.58. The number of hydrogen-bond donors (Lipinski definition) is 1. The van der Waals surface area contributed by atoms with Gasteiger partial charge in [-0.3, -0.25) is 4.79 Å². The maximum Gasteiger partial charge on any atom is 0.348 e. The third-order valence-corrected chi connectivity index (χ3v) is 2.53. The van der Waals surface area contributed by atoms with Crippen molar-refractivity contribution >= 4 is 23.2 Å². The van der Waals surface area contributed by atoms with E-state index in [1.54, 1.807) is 24.6 Å². The van der Waals surface area contributed by atoms with Crippen LogP contribution in [0.25, 0.3) is 0 Å². The summed E-state index contributed by atoms with van der Waals surface area (Å²) in [6, 6.07) is 3.40. The molecule has 0 aliphatic carbocycles. The van der Waals surface area contributed by atoms with Crippen molar-refractivity contribution in [3.05, 3.63) is 22.4 Å². The number of nitrogens with one attached hydrogen (secondary N) is 1. The van der Waals surface area contributed by atoms with E-state index >= 15 is 0 Å². The minimum absolute atomic E-state index is 0.263. The molecule has 1 amide bonds. The average Bonchev–Trinajstić information content (AvgIpc) is 2.79. The van der Waals surface area contributed by atoms with Crippen molar-refractivity contribution in [1.82, 2.24) is 5.32 Å². The second-order valence-electron chi connectivity index (χ2n) is 2.90. The van der Waals surface area contributed by atoms with E-state index < -0.39 is 5.97 Å². The molecule has 88 valence electrons. The molecule has 1 heterocycles. The standard InChI is InChI=1S/C10H13NO4S/c1-14-5-4-11-9(12)7-15-10(13)8-3-2-6-16-8/h2-3,6H,4-5,7H2,1H3,(H,11,12). The Labute approximate surface area is 97.4 Å². The molecule has 0 aliphatic rings. The van der Waals surface area contributed by atoms with Gasteiger partial charge in [-0.05, 0) is 11.4 Å². The number of thiophene rings is 1. The summed E-state index contributed by atoms with van der Waals surface area (Å²) in [5.74, 6) is -0.807. The maximum atomic E-state index is 11.3. The van der Waals surface area contributed by atoms with E-state index in [1.165, 1.54) is 11.3 Å². The van der Waals surface area contributed by atoms with Crippen molar-refractivity contribution in [2.24, 2.45) is 0 Å². The first-order valence-electron chi connectivity index (χ1n) is 4.70. The molecule has 0 saturated heterocycles. The zero-order valence-corrected chi connectivity index (χ0v) is 9.71. The van der Waals surface area contributed by atoms with Crippen molar-refractivity contribution < 1.29 is 19.1 Å². The minimum Gasteiger partial charge on any atom is -0.451 e. The fourth-order valence-corrected chi connectivity index (χ4v) is 1.56. The van der Waals surface area contributed by atoms with E-state index in [0.29, 0.717) is 18.0 Å². The number of rotatable bonds is 6. The monoisotopic (exact) mass is 243 g/mol. The van der Waals surface area contributed by atoms with Crippen molar-refractivity contribution in [2.45, 2.75) is 0 Å². The molecule has 0 bridgehead atoms. The summed E-state index contributed by atoms with van der Waals surface area (Å²) in [6.07, 6.45) is 0. The normalized spacial score (nSPS) is 9.81. The molecule has 6 heteroatoms. The van der Waals surface area contributed by atoms with Gasteiger partial charge in [-0.15, -0.1) is 11.3 Å². The van der Waals surface area contributed by atoms with E-state index in [4.69, 9.17) is 9.47 Å². The van der Waals surface area contributed by atoms with Gasteiger partial charge in [-0.1, -0.05) is 6.07 Å². The summed E-state index contributed by atoms with van der Waals surface area (Å²) in [5, 5.41) is 4.32. The highest BCUT2D eigenvalue weighted by molar-refractivity contribution is 7.11.